The number of piperazine rings is 1. The van der Waals surface area contributed by atoms with E-state index in [4.69, 9.17) is 21.1 Å². The quantitative estimate of drug-likeness (QED) is 0.0936. The molecule has 1 atom stereocenters. The number of benzene rings is 1. The highest BCUT2D eigenvalue weighted by molar-refractivity contribution is 7.89. The Labute approximate surface area is 359 Å². The molecule has 0 bridgehead atoms. The predicted molar refractivity (Wildman–Crippen MR) is 223 cm³/mol. The van der Waals surface area contributed by atoms with Crippen LogP contribution in [0.1, 0.15) is 79.2 Å². The Morgan fingerprint density at radius 1 is 0.902 bits per heavy atom. The van der Waals surface area contributed by atoms with Gasteiger partial charge in [0.2, 0.25) is 21.8 Å². The molecule has 1 aliphatic carbocycles. The van der Waals surface area contributed by atoms with Crippen LogP contribution in [-0.4, -0.2) is 116 Å². The summed E-state index contributed by atoms with van der Waals surface area (Å²) in [5, 5.41) is 20.1. The van der Waals surface area contributed by atoms with E-state index in [-0.39, 0.29) is 117 Å². The summed E-state index contributed by atoms with van der Waals surface area (Å²) < 4.78 is 71.2. The predicted octanol–water partition coefficient (Wildman–Crippen LogP) is 5.25. The largest absolute Gasteiger partial charge is 0.444 e. The standard InChI is InChI=1S/C40H55ClF2N8O9S/c1-38(2,3)59-36(54)45-23-29(48-56)22-44-35(53)25-7-9-26(10-8-25)40(42,43)27-19-32(41)47-33(20-27)49-15-17-50(18-16-49)61(57,58)31-13-11-30(12-14-31)51-24-28(21-34(51)52)46-37(55)60-39(4,5)6/h11-14,19-20,25-26,28,56H,7-10,15-18,21-24H2,1-6H3,(H,44,53)(H,45,54)(H,46,55)/b48-29+/t25-,26-,28-/m1/s1. The summed E-state index contributed by atoms with van der Waals surface area (Å²) in [5.41, 5.74) is -1.20. The van der Waals surface area contributed by atoms with Crippen molar-refractivity contribution in [2.24, 2.45) is 17.0 Å². The molecule has 4 N–H and O–H groups in total. The number of alkyl carbamates (subject to hydrolysis) is 2. The third-order valence-corrected chi connectivity index (χ3v) is 12.5. The highest BCUT2D eigenvalue weighted by Crippen LogP contribution is 2.46. The zero-order chi connectivity index (χ0) is 44.9. The number of halogens is 3. The van der Waals surface area contributed by atoms with E-state index in [1.54, 1.807) is 46.4 Å². The molecule has 3 fully saturated rings. The fourth-order valence-electron chi connectivity index (χ4n) is 7.38. The monoisotopic (exact) mass is 896 g/mol. The lowest BCUT2D eigenvalue weighted by molar-refractivity contribution is -0.128. The van der Waals surface area contributed by atoms with E-state index in [2.05, 4.69) is 26.1 Å². The summed E-state index contributed by atoms with van der Waals surface area (Å²) in [5.74, 6) is -5.35. The molecular formula is C40H55ClF2N8O9S. The van der Waals surface area contributed by atoms with Crippen LogP contribution in [0, 0.1) is 11.8 Å². The maximum Gasteiger partial charge on any atom is 0.407 e. The number of rotatable bonds is 12. The number of hydrogen-bond acceptors (Lipinski definition) is 12. The molecule has 1 saturated carbocycles. The number of hydrogen-bond donors (Lipinski definition) is 4. The average molecular weight is 897 g/mol. The van der Waals surface area contributed by atoms with Gasteiger partial charge in [0.25, 0.3) is 5.92 Å². The van der Waals surface area contributed by atoms with Crippen LogP contribution in [0.15, 0.2) is 46.4 Å². The minimum absolute atomic E-state index is 0.0196. The summed E-state index contributed by atoms with van der Waals surface area (Å²) in [6, 6.07) is 7.85. The zero-order valence-corrected chi connectivity index (χ0v) is 36.7. The molecule has 2 aromatic rings. The van der Waals surface area contributed by atoms with Crippen LogP contribution >= 0.6 is 11.6 Å². The average Bonchev–Trinajstić information content (AvgIpc) is 3.55. The molecule has 61 heavy (non-hydrogen) atoms. The first-order valence-electron chi connectivity index (χ1n) is 20.1. The van der Waals surface area contributed by atoms with E-state index in [0.29, 0.717) is 5.69 Å². The molecule has 2 aliphatic heterocycles. The van der Waals surface area contributed by atoms with Crippen molar-refractivity contribution in [3.8, 4) is 0 Å². The molecule has 0 spiro atoms. The molecule has 3 heterocycles. The first-order valence-corrected chi connectivity index (χ1v) is 21.9. The molecular weight excluding hydrogens is 842 g/mol. The van der Waals surface area contributed by atoms with Crippen LogP contribution < -0.4 is 25.8 Å². The van der Waals surface area contributed by atoms with Crippen LogP contribution in [0.2, 0.25) is 5.15 Å². The lowest BCUT2D eigenvalue weighted by Crippen LogP contribution is -2.49. The van der Waals surface area contributed by atoms with E-state index in [1.165, 1.54) is 39.5 Å². The van der Waals surface area contributed by atoms with E-state index < -0.39 is 57.2 Å². The Bertz CT molecular complexity index is 2060. The lowest BCUT2D eigenvalue weighted by Gasteiger charge is -2.36. The molecule has 1 aromatic carbocycles. The second-order valence-corrected chi connectivity index (χ2v) is 19.7. The molecule has 1 aromatic heterocycles. The Hall–Kier alpha value is -4.82. The topological polar surface area (TPSA) is 212 Å². The van der Waals surface area contributed by atoms with Gasteiger partial charge in [-0.25, -0.2) is 31.8 Å². The van der Waals surface area contributed by atoms with Gasteiger partial charge < -0.3 is 40.4 Å². The van der Waals surface area contributed by atoms with Gasteiger partial charge in [-0.2, -0.15) is 4.31 Å². The van der Waals surface area contributed by atoms with E-state index in [9.17, 15) is 32.8 Å². The summed E-state index contributed by atoms with van der Waals surface area (Å²) in [6.07, 6.45) is -0.781. The Balaban J connectivity index is 1.12. The normalized spacial score (nSPS) is 20.9. The highest BCUT2D eigenvalue weighted by atomic mass is 35.5. The Kier molecular flexibility index (Phi) is 14.8. The van der Waals surface area contributed by atoms with E-state index in [0.717, 1.165) is 6.07 Å². The minimum atomic E-state index is -3.95. The minimum Gasteiger partial charge on any atom is -0.444 e. The van der Waals surface area contributed by atoms with Crippen LogP contribution in [0.25, 0.3) is 0 Å². The lowest BCUT2D eigenvalue weighted by atomic mass is 9.77. The Morgan fingerprint density at radius 3 is 2.08 bits per heavy atom. The van der Waals surface area contributed by atoms with Crippen molar-refractivity contribution in [3.63, 3.8) is 0 Å². The number of nitrogens with zero attached hydrogens (tertiary/aromatic N) is 5. The molecule has 21 heteroatoms. The van der Waals surface area contributed by atoms with Crippen molar-refractivity contribution in [2.75, 3.05) is 55.6 Å². The maximum atomic E-state index is 16.1. The number of oxime groups is 1. The number of carbonyl (C=O) groups excluding carboxylic acids is 4. The summed E-state index contributed by atoms with van der Waals surface area (Å²) >= 11 is 6.29. The van der Waals surface area contributed by atoms with Crippen molar-refractivity contribution < 1.29 is 51.1 Å². The summed E-state index contributed by atoms with van der Waals surface area (Å²) in [4.78, 5) is 57.2. The van der Waals surface area contributed by atoms with Crippen molar-refractivity contribution >= 4 is 62.8 Å². The van der Waals surface area contributed by atoms with Gasteiger partial charge in [-0.3, -0.25) is 9.59 Å². The molecule has 5 rings (SSSR count). The Morgan fingerprint density at radius 2 is 1.49 bits per heavy atom. The number of amides is 4. The van der Waals surface area contributed by atoms with Gasteiger partial charge in [0.1, 0.15) is 22.2 Å². The molecule has 336 valence electrons. The zero-order valence-electron chi connectivity index (χ0n) is 35.2. The second kappa shape index (κ2) is 19.1. The number of sulfonamides is 1. The van der Waals surface area contributed by atoms with Gasteiger partial charge in [0, 0.05) is 62.2 Å². The molecule has 3 aliphatic rings. The number of carbonyl (C=O) groups is 4. The van der Waals surface area contributed by atoms with Crippen LogP contribution in [0.3, 0.4) is 0 Å². The third kappa shape index (κ3) is 12.6. The first kappa shape index (κ1) is 47.2. The van der Waals surface area contributed by atoms with Crippen molar-refractivity contribution in [1.82, 2.24) is 25.2 Å². The van der Waals surface area contributed by atoms with Crippen LogP contribution in [0.5, 0.6) is 0 Å². The third-order valence-electron chi connectivity index (χ3n) is 10.4. The number of alkyl halides is 2. The number of aromatic nitrogens is 1. The number of ether oxygens (including phenoxy) is 2. The van der Waals surface area contributed by atoms with Crippen LogP contribution in [0.4, 0.5) is 29.9 Å². The van der Waals surface area contributed by atoms with Crippen LogP contribution in [-0.2, 0) is 35.0 Å². The van der Waals surface area contributed by atoms with Gasteiger partial charge in [-0.15, -0.1) is 0 Å². The fraction of sp³-hybridized carbons (Fsp3) is 0.600. The maximum absolute atomic E-state index is 16.1. The molecule has 2 saturated heterocycles. The van der Waals surface area contributed by atoms with Crippen molar-refractivity contribution in [1.29, 1.82) is 0 Å². The molecule has 4 amide bonds. The van der Waals surface area contributed by atoms with Crippen molar-refractivity contribution in [2.45, 2.75) is 102 Å². The number of nitrogens with one attached hydrogen (secondary N) is 3. The first-order chi connectivity index (χ1) is 28.4. The van der Waals surface area contributed by atoms with Gasteiger partial charge in [-0.05, 0) is 104 Å². The second-order valence-electron chi connectivity index (χ2n) is 17.4. The van der Waals surface area contributed by atoms with Gasteiger partial charge in [0.15, 0.2) is 0 Å². The molecule has 0 radical (unpaired) electrons. The fourth-order valence-corrected chi connectivity index (χ4v) is 9.01. The van der Waals surface area contributed by atoms with E-state index in [1.807, 2.05) is 0 Å². The van der Waals surface area contributed by atoms with Gasteiger partial charge in [0.05, 0.1) is 29.7 Å². The smallest absolute Gasteiger partial charge is 0.407 e. The summed E-state index contributed by atoms with van der Waals surface area (Å²) in [7, 11) is -3.95. The van der Waals surface area contributed by atoms with Crippen molar-refractivity contribution in [3.05, 3.63) is 47.1 Å². The number of pyridine rings is 1. The SMILES string of the molecule is CC(C)(C)OC(=O)NC/C(CNC(=O)[C@H]1CC[C@H](C(F)(F)c2cc(Cl)nc(N3CCN(S(=O)(=O)c4ccc(N5C[C@H](NC(=O)OC(C)(C)C)CC5=O)cc4)CC3)c2)CC1)=N/O. The number of anilines is 2. The highest BCUT2D eigenvalue weighted by Gasteiger charge is 2.45. The molecule has 17 nitrogen and oxygen atoms in total. The summed E-state index contributed by atoms with van der Waals surface area (Å²) in [6.45, 7) is 10.6. The van der Waals surface area contributed by atoms with Gasteiger partial charge >= 0.3 is 12.2 Å². The molecule has 0 unspecified atom stereocenters. The van der Waals surface area contributed by atoms with E-state index >= 15 is 8.78 Å². The van der Waals surface area contributed by atoms with Gasteiger partial charge in [-0.1, -0.05) is 16.8 Å².